The van der Waals surface area contributed by atoms with Crippen molar-refractivity contribution in [2.45, 2.75) is 26.9 Å². The Labute approximate surface area is 170 Å². The first kappa shape index (κ1) is 21.2. The lowest BCUT2D eigenvalue weighted by atomic mass is 10.0. The maximum Gasteiger partial charge on any atom is 0.192 e. The maximum absolute atomic E-state index is 11.0. The molecular formula is C23H23NO3S. The first-order valence-corrected chi connectivity index (χ1v) is 9.95. The van der Waals surface area contributed by atoms with E-state index in [2.05, 4.69) is 18.2 Å². The average Bonchev–Trinajstić information content (AvgIpc) is 2.97. The Kier molecular flexibility index (Phi) is 8.26. The number of nitriles is 1. The third-order valence-electron chi connectivity index (χ3n) is 3.98. The molecule has 28 heavy (non-hydrogen) atoms. The fourth-order valence-corrected chi connectivity index (χ4v) is 3.55. The summed E-state index contributed by atoms with van der Waals surface area (Å²) in [5.74, 6) is 0.645. The van der Waals surface area contributed by atoms with Crippen molar-refractivity contribution in [1.29, 1.82) is 5.26 Å². The van der Waals surface area contributed by atoms with Crippen molar-refractivity contribution in [3.63, 3.8) is 0 Å². The van der Waals surface area contributed by atoms with Gasteiger partial charge in [0.25, 0.3) is 0 Å². The molecule has 144 valence electrons. The minimum Gasteiger partial charge on any atom is -0.496 e. The molecule has 0 amide bonds. The largest absolute Gasteiger partial charge is 0.496 e. The highest BCUT2D eigenvalue weighted by molar-refractivity contribution is 7.12. The van der Waals surface area contributed by atoms with E-state index in [0.29, 0.717) is 21.9 Å². The Bertz CT molecular complexity index is 945. The molecule has 1 aromatic heterocycles. The summed E-state index contributed by atoms with van der Waals surface area (Å²) in [5.41, 5.74) is 3.73. The summed E-state index contributed by atoms with van der Waals surface area (Å²) in [4.78, 5) is 11.0. The predicted octanol–water partition coefficient (Wildman–Crippen LogP) is 5.95. The van der Waals surface area contributed by atoms with Crippen LogP contribution in [0.25, 0.3) is 5.57 Å². The van der Waals surface area contributed by atoms with Crippen molar-refractivity contribution in [2.75, 3.05) is 7.11 Å². The molecule has 1 aliphatic rings. The predicted molar refractivity (Wildman–Crippen MR) is 114 cm³/mol. The fraction of sp³-hybridized carbons (Fsp3) is 0.217. The molecule has 2 aromatic rings. The Morgan fingerprint density at radius 2 is 2.11 bits per heavy atom. The molecule has 5 heteroatoms. The zero-order valence-electron chi connectivity index (χ0n) is 16.3. The van der Waals surface area contributed by atoms with Gasteiger partial charge in [0, 0.05) is 22.1 Å². The van der Waals surface area contributed by atoms with Crippen molar-refractivity contribution in [2.24, 2.45) is 0 Å². The van der Waals surface area contributed by atoms with Crippen LogP contribution >= 0.6 is 11.3 Å². The molecule has 0 fully saturated rings. The number of nitrogens with zero attached hydrogens (tertiary/aromatic N) is 1. The Balaban J connectivity index is 0.00000136. The molecule has 0 unspecified atom stereocenters. The molecular weight excluding hydrogens is 370 g/mol. The van der Waals surface area contributed by atoms with Crippen molar-refractivity contribution in [3.05, 3.63) is 76.2 Å². The van der Waals surface area contributed by atoms with Crippen LogP contribution < -0.4 is 9.47 Å². The van der Waals surface area contributed by atoms with Gasteiger partial charge in [-0.2, -0.15) is 5.26 Å². The molecule has 0 saturated heterocycles. The van der Waals surface area contributed by atoms with E-state index < -0.39 is 0 Å². The molecule has 0 saturated carbocycles. The minimum absolute atomic E-state index is 0.218. The van der Waals surface area contributed by atoms with Gasteiger partial charge in [0.1, 0.15) is 30.3 Å². The van der Waals surface area contributed by atoms with E-state index in [0.717, 1.165) is 29.4 Å². The highest BCUT2D eigenvalue weighted by atomic mass is 32.1. The van der Waals surface area contributed by atoms with Gasteiger partial charge in [-0.05, 0) is 30.2 Å². The maximum atomic E-state index is 11.0. The van der Waals surface area contributed by atoms with E-state index in [1.807, 2.05) is 37.5 Å². The van der Waals surface area contributed by atoms with Gasteiger partial charge < -0.3 is 9.47 Å². The molecule has 0 aliphatic heterocycles. The number of rotatable bonds is 6. The summed E-state index contributed by atoms with van der Waals surface area (Å²) in [7, 11) is 1.57. The van der Waals surface area contributed by atoms with Crippen LogP contribution in [0.2, 0.25) is 0 Å². The Morgan fingerprint density at radius 3 is 2.82 bits per heavy atom. The number of aldehydes is 1. The first-order chi connectivity index (χ1) is 13.8. The molecule has 1 aliphatic carbocycles. The van der Waals surface area contributed by atoms with E-state index in [4.69, 9.17) is 9.47 Å². The molecule has 1 heterocycles. The van der Waals surface area contributed by atoms with Gasteiger partial charge in [-0.25, -0.2) is 0 Å². The number of benzene rings is 1. The van der Waals surface area contributed by atoms with Gasteiger partial charge in [0.15, 0.2) is 5.06 Å². The van der Waals surface area contributed by atoms with Crippen LogP contribution in [0.3, 0.4) is 0 Å². The minimum atomic E-state index is 0.218. The van der Waals surface area contributed by atoms with Crippen LogP contribution in [0, 0.1) is 11.3 Å². The van der Waals surface area contributed by atoms with Gasteiger partial charge in [0.2, 0.25) is 0 Å². The van der Waals surface area contributed by atoms with Crippen LogP contribution in [0.4, 0.5) is 0 Å². The summed E-state index contributed by atoms with van der Waals surface area (Å²) in [6.45, 7) is 4.22. The molecule has 0 radical (unpaired) electrons. The van der Waals surface area contributed by atoms with E-state index >= 15 is 0 Å². The third kappa shape index (κ3) is 4.99. The number of thiophene rings is 1. The second-order valence-corrected chi connectivity index (χ2v) is 6.43. The molecule has 3 rings (SSSR count). The van der Waals surface area contributed by atoms with E-state index in [9.17, 15) is 10.1 Å². The molecule has 4 nitrogen and oxygen atoms in total. The molecule has 0 bridgehead atoms. The summed E-state index contributed by atoms with van der Waals surface area (Å²) in [5, 5.41) is 12.1. The van der Waals surface area contributed by atoms with E-state index in [1.54, 1.807) is 25.3 Å². The smallest absolute Gasteiger partial charge is 0.192 e. The van der Waals surface area contributed by atoms with Crippen molar-refractivity contribution in [1.82, 2.24) is 0 Å². The topological polar surface area (TPSA) is 59.3 Å². The van der Waals surface area contributed by atoms with Gasteiger partial charge >= 0.3 is 0 Å². The lowest BCUT2D eigenvalue weighted by Crippen LogP contribution is -2.00. The highest BCUT2D eigenvalue weighted by Gasteiger charge is 2.16. The van der Waals surface area contributed by atoms with Crippen molar-refractivity contribution >= 4 is 23.2 Å². The second kappa shape index (κ2) is 10.9. The monoisotopic (exact) mass is 393 g/mol. The van der Waals surface area contributed by atoms with Crippen molar-refractivity contribution in [3.8, 4) is 16.9 Å². The molecule has 0 N–H and O–H groups in total. The SMILES string of the molecule is CC.COc1ccc(C=O)cc1COc1scc(C2=CCC=CC=C2)c1C#N. The van der Waals surface area contributed by atoms with Gasteiger partial charge in [-0.3, -0.25) is 4.79 Å². The molecule has 0 spiro atoms. The van der Waals surface area contributed by atoms with Crippen LogP contribution in [0.15, 0.2) is 54.0 Å². The highest BCUT2D eigenvalue weighted by Crippen LogP contribution is 2.36. The Hall–Kier alpha value is -3.10. The van der Waals surface area contributed by atoms with Crippen LogP contribution in [0.1, 0.15) is 47.3 Å². The summed E-state index contributed by atoms with van der Waals surface area (Å²) < 4.78 is 11.2. The van der Waals surface area contributed by atoms with E-state index in [1.165, 1.54) is 11.3 Å². The van der Waals surface area contributed by atoms with Gasteiger partial charge in [-0.15, -0.1) is 11.3 Å². The summed E-state index contributed by atoms with van der Waals surface area (Å²) in [6, 6.07) is 7.41. The standard InChI is InChI=1S/C21H17NO3S.C2H6/c1-24-20-9-8-15(12-23)10-17(20)13-25-21-18(11-22)19(14-26-21)16-6-4-2-3-5-7-16;1-2/h2-4,6-10,12,14H,5,13H2,1H3;1-2H3. The lowest BCUT2D eigenvalue weighted by molar-refractivity contribution is 0.112. The number of hydrogen-bond acceptors (Lipinski definition) is 5. The van der Waals surface area contributed by atoms with Gasteiger partial charge in [-0.1, -0.05) is 44.2 Å². The Morgan fingerprint density at radius 1 is 1.29 bits per heavy atom. The van der Waals surface area contributed by atoms with Crippen LogP contribution in [0.5, 0.6) is 10.8 Å². The quantitative estimate of drug-likeness (QED) is 0.569. The van der Waals surface area contributed by atoms with Crippen molar-refractivity contribution < 1.29 is 14.3 Å². The average molecular weight is 394 g/mol. The number of carbonyl (C=O) groups is 1. The normalized spacial score (nSPS) is 12.1. The molecule has 1 aromatic carbocycles. The lowest BCUT2D eigenvalue weighted by Gasteiger charge is -2.10. The van der Waals surface area contributed by atoms with Crippen LogP contribution in [-0.4, -0.2) is 13.4 Å². The summed E-state index contributed by atoms with van der Waals surface area (Å²) >= 11 is 1.39. The second-order valence-electron chi connectivity index (χ2n) is 5.58. The first-order valence-electron chi connectivity index (χ1n) is 9.07. The van der Waals surface area contributed by atoms with E-state index in [-0.39, 0.29) is 6.61 Å². The zero-order valence-corrected chi connectivity index (χ0v) is 17.1. The third-order valence-corrected chi connectivity index (χ3v) is 4.87. The number of allylic oxidation sites excluding steroid dienone is 6. The summed E-state index contributed by atoms with van der Waals surface area (Å²) in [6.07, 6.45) is 11.7. The number of methoxy groups -OCH3 is 1. The fourth-order valence-electron chi connectivity index (χ4n) is 2.67. The number of carbonyl (C=O) groups excluding carboxylic acids is 1. The number of hydrogen-bond donors (Lipinski definition) is 0. The zero-order chi connectivity index (χ0) is 20.4. The number of ether oxygens (including phenoxy) is 2. The molecule has 0 atom stereocenters. The van der Waals surface area contributed by atoms with Crippen LogP contribution in [-0.2, 0) is 6.61 Å². The van der Waals surface area contributed by atoms with Gasteiger partial charge in [0.05, 0.1) is 7.11 Å².